The second-order valence-corrected chi connectivity index (χ2v) is 8.87. The highest BCUT2D eigenvalue weighted by atomic mass is 32.1. The van der Waals surface area contributed by atoms with Crippen LogP contribution in [0.15, 0.2) is 29.0 Å². The van der Waals surface area contributed by atoms with E-state index < -0.39 is 5.97 Å². The van der Waals surface area contributed by atoms with Crippen LogP contribution in [-0.2, 0) is 22.5 Å². The zero-order chi connectivity index (χ0) is 18.1. The fraction of sp³-hybridized carbons (Fsp3) is 0.278. The SMILES string of the molecule is Cc1nc(-c2cccs2)sc1C(=O)OCC(=O)N1CCc2sccc2C1. The van der Waals surface area contributed by atoms with Gasteiger partial charge in [0.15, 0.2) is 6.61 Å². The molecule has 1 aliphatic rings. The number of nitrogens with zero attached hydrogens (tertiary/aromatic N) is 2. The predicted octanol–water partition coefficient (Wildman–Crippen LogP) is 3.98. The molecule has 0 atom stereocenters. The Hall–Kier alpha value is -2.03. The van der Waals surface area contributed by atoms with Gasteiger partial charge in [-0.3, -0.25) is 4.79 Å². The van der Waals surface area contributed by atoms with Crippen molar-refractivity contribution in [3.05, 3.63) is 50.0 Å². The number of carbonyl (C=O) groups is 2. The number of hydrogen-bond acceptors (Lipinski definition) is 7. The first kappa shape index (κ1) is 17.4. The number of thiophene rings is 2. The molecule has 3 aromatic heterocycles. The van der Waals surface area contributed by atoms with E-state index in [0.29, 0.717) is 23.7 Å². The number of amides is 1. The lowest BCUT2D eigenvalue weighted by molar-refractivity contribution is -0.135. The molecule has 0 saturated carbocycles. The van der Waals surface area contributed by atoms with Crippen LogP contribution in [0.1, 0.15) is 25.8 Å². The number of aryl methyl sites for hydroxylation is 1. The number of thiazole rings is 1. The van der Waals surface area contributed by atoms with Crippen LogP contribution in [0.4, 0.5) is 0 Å². The number of hydrogen-bond donors (Lipinski definition) is 0. The Morgan fingerprint density at radius 1 is 1.27 bits per heavy atom. The van der Waals surface area contributed by atoms with Gasteiger partial charge in [-0.15, -0.1) is 34.0 Å². The minimum atomic E-state index is -0.482. The molecule has 0 radical (unpaired) electrons. The Labute approximate surface area is 162 Å². The smallest absolute Gasteiger partial charge is 0.350 e. The van der Waals surface area contributed by atoms with Crippen molar-refractivity contribution in [3.8, 4) is 9.88 Å². The molecule has 4 heterocycles. The molecule has 26 heavy (non-hydrogen) atoms. The van der Waals surface area contributed by atoms with Crippen LogP contribution in [0.2, 0.25) is 0 Å². The highest BCUT2D eigenvalue weighted by Crippen LogP contribution is 2.31. The lowest BCUT2D eigenvalue weighted by Crippen LogP contribution is -2.38. The van der Waals surface area contributed by atoms with E-state index >= 15 is 0 Å². The third-order valence-electron chi connectivity index (χ3n) is 4.20. The van der Waals surface area contributed by atoms with E-state index in [1.807, 2.05) is 17.5 Å². The molecule has 1 aliphatic heterocycles. The summed E-state index contributed by atoms with van der Waals surface area (Å²) in [5, 5.41) is 4.83. The maximum absolute atomic E-state index is 12.4. The van der Waals surface area contributed by atoms with E-state index in [2.05, 4.69) is 16.4 Å². The van der Waals surface area contributed by atoms with Gasteiger partial charge in [-0.25, -0.2) is 9.78 Å². The van der Waals surface area contributed by atoms with Crippen molar-refractivity contribution in [3.63, 3.8) is 0 Å². The van der Waals surface area contributed by atoms with Crippen molar-refractivity contribution >= 4 is 45.9 Å². The van der Waals surface area contributed by atoms with Gasteiger partial charge in [0.1, 0.15) is 9.88 Å². The van der Waals surface area contributed by atoms with Gasteiger partial charge in [0, 0.05) is 18.0 Å². The van der Waals surface area contributed by atoms with Crippen molar-refractivity contribution in [2.45, 2.75) is 19.9 Å². The molecular formula is C18H16N2O3S3. The number of aromatic nitrogens is 1. The molecule has 0 aliphatic carbocycles. The topological polar surface area (TPSA) is 59.5 Å². The van der Waals surface area contributed by atoms with Crippen molar-refractivity contribution < 1.29 is 14.3 Å². The molecule has 0 saturated heterocycles. The van der Waals surface area contributed by atoms with Gasteiger partial charge in [0.25, 0.3) is 5.91 Å². The molecule has 0 N–H and O–H groups in total. The maximum atomic E-state index is 12.4. The predicted molar refractivity (Wildman–Crippen MR) is 104 cm³/mol. The third kappa shape index (κ3) is 3.44. The van der Waals surface area contributed by atoms with Crippen LogP contribution in [0.5, 0.6) is 0 Å². The average molecular weight is 405 g/mol. The third-order valence-corrected chi connectivity index (χ3v) is 7.40. The second-order valence-electron chi connectivity index (χ2n) is 5.92. The molecule has 5 nitrogen and oxygen atoms in total. The Balaban J connectivity index is 1.38. The Bertz CT molecular complexity index is 943. The number of esters is 1. The van der Waals surface area contributed by atoms with E-state index in [1.54, 1.807) is 34.5 Å². The van der Waals surface area contributed by atoms with E-state index in [0.717, 1.165) is 16.3 Å². The van der Waals surface area contributed by atoms with Crippen molar-refractivity contribution in [1.82, 2.24) is 9.88 Å². The summed E-state index contributed by atoms with van der Waals surface area (Å²) >= 11 is 4.61. The maximum Gasteiger partial charge on any atom is 0.350 e. The molecule has 0 fully saturated rings. The van der Waals surface area contributed by atoms with Gasteiger partial charge in [-0.05, 0) is 41.8 Å². The van der Waals surface area contributed by atoms with E-state index in [4.69, 9.17) is 4.74 Å². The zero-order valence-corrected chi connectivity index (χ0v) is 16.5. The van der Waals surface area contributed by atoms with E-state index in [9.17, 15) is 9.59 Å². The van der Waals surface area contributed by atoms with Gasteiger partial charge < -0.3 is 9.64 Å². The van der Waals surface area contributed by atoms with Gasteiger partial charge in [-0.2, -0.15) is 0 Å². The fourth-order valence-corrected chi connectivity index (χ4v) is 5.48. The van der Waals surface area contributed by atoms with Crippen LogP contribution in [0.3, 0.4) is 0 Å². The lowest BCUT2D eigenvalue weighted by atomic mass is 10.1. The van der Waals surface area contributed by atoms with Crippen LogP contribution < -0.4 is 0 Å². The van der Waals surface area contributed by atoms with Crippen molar-refractivity contribution in [2.24, 2.45) is 0 Å². The second kappa shape index (κ2) is 7.30. The normalized spacial score (nSPS) is 13.5. The highest BCUT2D eigenvalue weighted by molar-refractivity contribution is 7.22. The van der Waals surface area contributed by atoms with Crippen LogP contribution in [0, 0.1) is 6.92 Å². The molecule has 0 spiro atoms. The van der Waals surface area contributed by atoms with Crippen LogP contribution >= 0.6 is 34.0 Å². The lowest BCUT2D eigenvalue weighted by Gasteiger charge is -2.26. The summed E-state index contributed by atoms with van der Waals surface area (Å²) in [6.07, 6.45) is 0.866. The number of carbonyl (C=O) groups excluding carboxylic acids is 2. The summed E-state index contributed by atoms with van der Waals surface area (Å²) in [4.78, 5) is 33.8. The summed E-state index contributed by atoms with van der Waals surface area (Å²) in [5.74, 6) is -0.639. The van der Waals surface area contributed by atoms with E-state index in [-0.39, 0.29) is 12.5 Å². The first-order valence-electron chi connectivity index (χ1n) is 8.13. The van der Waals surface area contributed by atoms with Crippen LogP contribution in [-0.4, -0.2) is 34.9 Å². The molecule has 4 rings (SSSR count). The average Bonchev–Trinajstić information content (AvgIpc) is 3.38. The van der Waals surface area contributed by atoms with Crippen molar-refractivity contribution in [2.75, 3.05) is 13.2 Å². The standard InChI is InChI=1S/C18H16N2O3S3/c1-11-16(26-17(19-11)14-3-2-7-24-14)18(22)23-10-15(21)20-6-4-13-12(9-20)5-8-25-13/h2-3,5,7-8H,4,6,9-10H2,1H3. The minimum absolute atomic E-state index is 0.157. The molecule has 0 unspecified atom stereocenters. The van der Waals surface area contributed by atoms with Gasteiger partial charge in [0.05, 0.1) is 10.6 Å². The molecule has 0 bridgehead atoms. The largest absolute Gasteiger partial charge is 0.451 e. The number of rotatable bonds is 4. The summed E-state index contributed by atoms with van der Waals surface area (Å²) < 4.78 is 5.27. The van der Waals surface area contributed by atoms with Gasteiger partial charge >= 0.3 is 5.97 Å². The minimum Gasteiger partial charge on any atom is -0.451 e. The van der Waals surface area contributed by atoms with Crippen molar-refractivity contribution in [1.29, 1.82) is 0 Å². The molecule has 134 valence electrons. The molecule has 3 aromatic rings. The van der Waals surface area contributed by atoms with Gasteiger partial charge in [-0.1, -0.05) is 6.07 Å². The Morgan fingerprint density at radius 3 is 2.96 bits per heavy atom. The first-order valence-corrected chi connectivity index (χ1v) is 10.7. The fourth-order valence-electron chi connectivity index (χ4n) is 2.84. The van der Waals surface area contributed by atoms with E-state index in [1.165, 1.54) is 21.8 Å². The number of ether oxygens (including phenoxy) is 1. The quantitative estimate of drug-likeness (QED) is 0.617. The molecule has 1 amide bonds. The van der Waals surface area contributed by atoms with Crippen LogP contribution in [0.25, 0.3) is 9.88 Å². The zero-order valence-electron chi connectivity index (χ0n) is 14.1. The summed E-state index contributed by atoms with van der Waals surface area (Å²) in [6, 6.07) is 5.97. The Kier molecular flexibility index (Phi) is 4.88. The molecular weight excluding hydrogens is 388 g/mol. The molecule has 8 heteroatoms. The summed E-state index contributed by atoms with van der Waals surface area (Å²) in [7, 11) is 0. The molecule has 0 aromatic carbocycles. The highest BCUT2D eigenvalue weighted by Gasteiger charge is 2.24. The summed E-state index contributed by atoms with van der Waals surface area (Å²) in [6.45, 7) is 2.82. The first-order chi connectivity index (χ1) is 12.6. The Morgan fingerprint density at radius 2 is 2.15 bits per heavy atom. The summed E-state index contributed by atoms with van der Waals surface area (Å²) in [5.41, 5.74) is 1.83. The van der Waals surface area contributed by atoms with Gasteiger partial charge in [0.2, 0.25) is 0 Å². The number of fused-ring (bicyclic) bond motifs is 1. The monoisotopic (exact) mass is 404 g/mol.